The average Bonchev–Trinajstić information content (AvgIpc) is 3.14. The predicted molar refractivity (Wildman–Crippen MR) is 114 cm³/mol. The third-order valence-corrected chi connectivity index (χ3v) is 5.19. The van der Waals surface area contributed by atoms with Crippen LogP contribution in [0.25, 0.3) is 10.9 Å². The Morgan fingerprint density at radius 3 is 2.76 bits per heavy atom. The number of rotatable bonds is 9. The quantitative estimate of drug-likeness (QED) is 0.534. The van der Waals surface area contributed by atoms with Crippen LogP contribution in [0.2, 0.25) is 0 Å². The number of carbonyl (C=O) groups excluding carboxylic acids is 1. The Morgan fingerprint density at radius 2 is 2.03 bits per heavy atom. The van der Waals surface area contributed by atoms with Crippen LogP contribution in [0.15, 0.2) is 24.7 Å². The molecule has 0 spiro atoms. The fourth-order valence-electron chi connectivity index (χ4n) is 2.62. The molecule has 0 radical (unpaired) electrons. The Balaban J connectivity index is 1.84. The number of anilines is 2. The maximum atomic E-state index is 11.9. The number of hydrogen-bond acceptors (Lipinski definition) is 8. The lowest BCUT2D eigenvalue weighted by Gasteiger charge is -2.13. The van der Waals surface area contributed by atoms with E-state index in [1.54, 1.807) is 32.3 Å². The van der Waals surface area contributed by atoms with Crippen LogP contribution in [-0.4, -0.2) is 53.6 Å². The molecule has 0 fully saturated rings. The molecule has 0 aliphatic carbocycles. The highest BCUT2D eigenvalue weighted by Crippen LogP contribution is 2.35. The van der Waals surface area contributed by atoms with Gasteiger partial charge in [0.1, 0.15) is 12.1 Å². The number of methoxy groups -OCH3 is 1. The van der Waals surface area contributed by atoms with Gasteiger partial charge in [-0.1, -0.05) is 13.3 Å². The van der Waals surface area contributed by atoms with Crippen LogP contribution in [0, 0.1) is 0 Å². The van der Waals surface area contributed by atoms with E-state index in [2.05, 4.69) is 27.2 Å². The smallest absolute Gasteiger partial charge is 0.227 e. The van der Waals surface area contributed by atoms with Gasteiger partial charge in [-0.3, -0.25) is 4.79 Å². The Morgan fingerprint density at radius 1 is 1.21 bits per heavy atom. The normalized spacial score (nSPS) is 10.8. The van der Waals surface area contributed by atoms with E-state index in [1.165, 1.54) is 17.7 Å². The van der Waals surface area contributed by atoms with Crippen LogP contribution >= 0.6 is 11.3 Å². The van der Waals surface area contributed by atoms with Gasteiger partial charge < -0.3 is 19.7 Å². The first-order valence-electron chi connectivity index (χ1n) is 9.39. The van der Waals surface area contributed by atoms with Crippen molar-refractivity contribution in [1.82, 2.24) is 19.9 Å². The van der Waals surface area contributed by atoms with Crippen LogP contribution in [0.4, 0.5) is 10.9 Å². The number of thiazole rings is 1. The van der Waals surface area contributed by atoms with Crippen LogP contribution in [0.3, 0.4) is 0 Å². The van der Waals surface area contributed by atoms with E-state index >= 15 is 0 Å². The van der Waals surface area contributed by atoms with Gasteiger partial charge in [0.2, 0.25) is 5.91 Å². The van der Waals surface area contributed by atoms with E-state index in [0.29, 0.717) is 35.5 Å². The van der Waals surface area contributed by atoms with Gasteiger partial charge >= 0.3 is 0 Å². The van der Waals surface area contributed by atoms with Gasteiger partial charge in [-0.15, -0.1) is 11.3 Å². The summed E-state index contributed by atoms with van der Waals surface area (Å²) in [6.07, 6.45) is 5.56. The Kier molecular flexibility index (Phi) is 6.82. The number of hydrogen-bond donors (Lipinski definition) is 1. The molecular weight excluding hydrogens is 390 g/mol. The second-order valence-electron chi connectivity index (χ2n) is 6.67. The molecule has 3 aromatic rings. The molecular formula is C20H25N5O3S. The Bertz CT molecular complexity index is 989. The number of carbonyl (C=O) groups is 1. The van der Waals surface area contributed by atoms with Gasteiger partial charge in [0, 0.05) is 36.6 Å². The zero-order valence-corrected chi connectivity index (χ0v) is 17.9. The lowest BCUT2D eigenvalue weighted by atomic mass is 10.2. The molecule has 0 bridgehead atoms. The number of amides is 1. The van der Waals surface area contributed by atoms with Gasteiger partial charge in [0.15, 0.2) is 16.6 Å². The first-order valence-corrected chi connectivity index (χ1v) is 10.2. The number of nitrogens with zero attached hydrogens (tertiary/aromatic N) is 4. The summed E-state index contributed by atoms with van der Waals surface area (Å²) in [5, 5.41) is 4.69. The summed E-state index contributed by atoms with van der Waals surface area (Å²) in [5.41, 5.74) is 0.745. The molecule has 0 saturated heterocycles. The molecule has 1 amide bonds. The molecule has 154 valence electrons. The maximum Gasteiger partial charge on any atom is 0.227 e. The number of benzene rings is 1. The zero-order chi connectivity index (χ0) is 20.8. The molecule has 0 saturated carbocycles. The maximum absolute atomic E-state index is 11.9. The molecule has 2 aromatic heterocycles. The summed E-state index contributed by atoms with van der Waals surface area (Å²) in [7, 11) is 5.09. The molecule has 1 aromatic carbocycles. The van der Waals surface area contributed by atoms with Crippen molar-refractivity contribution in [2.24, 2.45) is 0 Å². The lowest BCUT2D eigenvalue weighted by Crippen LogP contribution is -2.23. The minimum atomic E-state index is 0.0352. The van der Waals surface area contributed by atoms with Crippen molar-refractivity contribution in [3.63, 3.8) is 0 Å². The number of ether oxygens (including phenoxy) is 2. The second kappa shape index (κ2) is 9.51. The SMILES string of the molecule is CCCCOc1cc2ncnc(Nc3ncc(CC(=O)N(C)C)s3)c2cc1OC. The molecule has 2 heterocycles. The van der Waals surface area contributed by atoms with Crippen LogP contribution < -0.4 is 14.8 Å². The predicted octanol–water partition coefficient (Wildman–Crippen LogP) is 3.65. The summed E-state index contributed by atoms with van der Waals surface area (Å²) < 4.78 is 11.3. The Labute approximate surface area is 173 Å². The van der Waals surface area contributed by atoms with Crippen molar-refractivity contribution in [3.8, 4) is 11.5 Å². The number of likely N-dealkylation sites (N-methyl/N-ethyl adjacent to an activating group) is 1. The Hall–Kier alpha value is -2.94. The molecule has 0 aliphatic heterocycles. The van der Waals surface area contributed by atoms with Crippen molar-refractivity contribution in [3.05, 3.63) is 29.5 Å². The van der Waals surface area contributed by atoms with E-state index < -0.39 is 0 Å². The number of unbranched alkanes of at least 4 members (excludes halogenated alkanes) is 1. The van der Waals surface area contributed by atoms with E-state index in [0.717, 1.165) is 28.6 Å². The van der Waals surface area contributed by atoms with E-state index in [9.17, 15) is 4.79 Å². The van der Waals surface area contributed by atoms with Gasteiger partial charge in [-0.05, 0) is 12.5 Å². The summed E-state index contributed by atoms with van der Waals surface area (Å²) in [4.78, 5) is 27.4. The molecule has 9 heteroatoms. The van der Waals surface area contributed by atoms with Crippen molar-refractivity contribution >= 4 is 39.1 Å². The van der Waals surface area contributed by atoms with E-state index in [1.807, 2.05) is 12.1 Å². The van der Waals surface area contributed by atoms with Crippen molar-refractivity contribution < 1.29 is 14.3 Å². The van der Waals surface area contributed by atoms with E-state index in [-0.39, 0.29) is 5.91 Å². The van der Waals surface area contributed by atoms with Gasteiger partial charge in [0.05, 0.1) is 25.7 Å². The largest absolute Gasteiger partial charge is 0.493 e. The first kappa shape index (κ1) is 20.8. The fourth-order valence-corrected chi connectivity index (χ4v) is 3.42. The van der Waals surface area contributed by atoms with Crippen molar-refractivity contribution in [2.45, 2.75) is 26.2 Å². The minimum Gasteiger partial charge on any atom is -0.493 e. The highest BCUT2D eigenvalue weighted by atomic mass is 32.1. The standard InChI is InChI=1S/C20H25N5O3S/c1-5-6-7-28-17-10-15-14(9-16(17)27-4)19(23-12-22-15)24-20-21-11-13(29-20)8-18(26)25(2)3/h9-12H,5-8H2,1-4H3,(H,21,22,23,24). The van der Waals surface area contributed by atoms with Crippen molar-refractivity contribution in [1.29, 1.82) is 0 Å². The zero-order valence-electron chi connectivity index (χ0n) is 17.1. The average molecular weight is 416 g/mol. The van der Waals surface area contributed by atoms with Crippen LogP contribution in [0.1, 0.15) is 24.6 Å². The molecule has 3 rings (SSSR count). The topological polar surface area (TPSA) is 89.5 Å². The third kappa shape index (κ3) is 5.11. The molecule has 0 unspecified atom stereocenters. The third-order valence-electron chi connectivity index (χ3n) is 4.28. The van der Waals surface area contributed by atoms with Gasteiger partial charge in [0.25, 0.3) is 0 Å². The summed E-state index contributed by atoms with van der Waals surface area (Å²) in [6, 6.07) is 3.72. The monoisotopic (exact) mass is 415 g/mol. The van der Waals surface area contributed by atoms with Crippen molar-refractivity contribution in [2.75, 3.05) is 33.1 Å². The van der Waals surface area contributed by atoms with Crippen LogP contribution in [0.5, 0.6) is 11.5 Å². The van der Waals surface area contributed by atoms with Gasteiger partial charge in [-0.25, -0.2) is 15.0 Å². The molecule has 29 heavy (non-hydrogen) atoms. The molecule has 0 atom stereocenters. The molecule has 8 nitrogen and oxygen atoms in total. The fraction of sp³-hybridized carbons (Fsp3) is 0.400. The summed E-state index contributed by atoms with van der Waals surface area (Å²) in [5.74, 6) is 1.95. The van der Waals surface area contributed by atoms with Gasteiger partial charge in [-0.2, -0.15) is 0 Å². The highest BCUT2D eigenvalue weighted by molar-refractivity contribution is 7.15. The number of aromatic nitrogens is 3. The second-order valence-corrected chi connectivity index (χ2v) is 7.78. The summed E-state index contributed by atoms with van der Waals surface area (Å²) in [6.45, 7) is 2.74. The minimum absolute atomic E-state index is 0.0352. The number of fused-ring (bicyclic) bond motifs is 1. The molecule has 1 N–H and O–H groups in total. The lowest BCUT2D eigenvalue weighted by molar-refractivity contribution is -0.127. The number of nitrogens with one attached hydrogen (secondary N) is 1. The summed E-state index contributed by atoms with van der Waals surface area (Å²) >= 11 is 1.42. The first-order chi connectivity index (χ1) is 14.0. The van der Waals surface area contributed by atoms with E-state index in [4.69, 9.17) is 9.47 Å². The highest BCUT2D eigenvalue weighted by Gasteiger charge is 2.14. The van der Waals surface area contributed by atoms with Crippen LogP contribution in [-0.2, 0) is 11.2 Å². The molecule has 0 aliphatic rings.